The van der Waals surface area contributed by atoms with E-state index in [1.165, 1.54) is 0 Å². The number of ether oxygens (including phenoxy) is 1. The molecule has 0 aliphatic carbocycles. The van der Waals surface area contributed by atoms with Gasteiger partial charge in [0.25, 0.3) is 0 Å². The Hall–Kier alpha value is -2.68. The Kier molecular flexibility index (Phi) is 6.00. The molecule has 3 rings (SSSR count). The van der Waals surface area contributed by atoms with E-state index in [0.29, 0.717) is 6.61 Å². The summed E-state index contributed by atoms with van der Waals surface area (Å²) in [6, 6.07) is 30.9. The van der Waals surface area contributed by atoms with Crippen LogP contribution in [0, 0.1) is 0 Å². The van der Waals surface area contributed by atoms with Crippen LogP contribution in [0.5, 0.6) is 0 Å². The Balaban J connectivity index is 2.18. The molecule has 3 aromatic rings. The molecule has 0 fully saturated rings. The van der Waals surface area contributed by atoms with E-state index in [2.05, 4.69) is 36.4 Å². The second kappa shape index (κ2) is 8.61. The summed E-state index contributed by atoms with van der Waals surface area (Å²) in [6.45, 7) is 2.35. The molecule has 0 amide bonds. The molecule has 0 saturated carbocycles. The fourth-order valence-electron chi connectivity index (χ4n) is 3.14. The van der Waals surface area contributed by atoms with Crippen LogP contribution in [0.4, 0.5) is 0 Å². The van der Waals surface area contributed by atoms with Crippen molar-refractivity contribution in [2.24, 2.45) is 0 Å². The number of benzene rings is 3. The highest BCUT2D eigenvalue weighted by atomic mass is 16.5. The van der Waals surface area contributed by atoms with Gasteiger partial charge in [-0.3, -0.25) is 0 Å². The Bertz CT molecular complexity index is 727. The first-order valence-electron chi connectivity index (χ1n) is 8.84. The van der Waals surface area contributed by atoms with Gasteiger partial charge in [-0.25, -0.2) is 0 Å². The molecular weight excluding hydrogens is 320 g/mol. The van der Waals surface area contributed by atoms with E-state index in [0.717, 1.165) is 22.3 Å². The van der Waals surface area contributed by atoms with E-state index in [-0.39, 0.29) is 6.61 Å². The number of aliphatic hydroxyl groups excluding tert-OH is 1. The van der Waals surface area contributed by atoms with E-state index < -0.39 is 5.60 Å². The highest BCUT2D eigenvalue weighted by molar-refractivity contribution is 5.47. The van der Waals surface area contributed by atoms with Gasteiger partial charge >= 0.3 is 0 Å². The van der Waals surface area contributed by atoms with Gasteiger partial charge in [0, 0.05) is 0 Å². The van der Waals surface area contributed by atoms with Crippen molar-refractivity contribution < 1.29 is 9.84 Å². The summed E-state index contributed by atoms with van der Waals surface area (Å²) in [5.74, 6) is 0. The van der Waals surface area contributed by atoms with Gasteiger partial charge in [-0.2, -0.15) is 0 Å². The van der Waals surface area contributed by atoms with Crippen molar-refractivity contribution in [3.8, 4) is 0 Å². The summed E-state index contributed by atoms with van der Waals surface area (Å²) >= 11 is 0. The van der Waals surface area contributed by atoms with Gasteiger partial charge in [0.05, 0.1) is 13.2 Å². The van der Waals surface area contributed by atoms with Crippen molar-refractivity contribution in [1.82, 2.24) is 0 Å². The van der Waals surface area contributed by atoms with Crippen molar-refractivity contribution in [1.29, 1.82) is 0 Å². The third-order valence-electron chi connectivity index (χ3n) is 4.52. The molecule has 0 saturated heterocycles. The van der Waals surface area contributed by atoms with Gasteiger partial charge in [0.2, 0.25) is 0 Å². The van der Waals surface area contributed by atoms with Crippen LogP contribution >= 0.6 is 0 Å². The molecule has 1 N–H and O–H groups in total. The molecule has 0 radical (unpaired) electrons. The lowest BCUT2D eigenvalue weighted by Gasteiger charge is -2.35. The van der Waals surface area contributed by atoms with Crippen LogP contribution in [0.25, 0.3) is 0 Å². The van der Waals surface area contributed by atoms with Crippen LogP contribution in [0.2, 0.25) is 0 Å². The summed E-state index contributed by atoms with van der Waals surface area (Å²) in [5, 5.41) is 9.29. The fourth-order valence-corrected chi connectivity index (χ4v) is 3.14. The minimum absolute atomic E-state index is 0.0401. The molecule has 132 valence electrons. The predicted octanol–water partition coefficient (Wildman–Crippen LogP) is 4.93. The largest absolute Gasteiger partial charge is 0.392 e. The van der Waals surface area contributed by atoms with E-state index in [9.17, 15) is 5.11 Å². The predicted molar refractivity (Wildman–Crippen MR) is 106 cm³/mol. The van der Waals surface area contributed by atoms with Crippen LogP contribution in [0.1, 0.15) is 23.6 Å². The number of hydrogen-bond acceptors (Lipinski definition) is 2. The van der Waals surface area contributed by atoms with Crippen LogP contribution in [-0.4, -0.2) is 18.3 Å². The van der Waals surface area contributed by atoms with E-state index in [1.54, 1.807) is 0 Å². The molecule has 0 aliphatic rings. The topological polar surface area (TPSA) is 29.5 Å². The summed E-state index contributed by atoms with van der Waals surface area (Å²) in [6.07, 6.45) is 1.93. The molecule has 0 spiro atoms. The molecule has 0 unspecified atom stereocenters. The summed E-state index contributed by atoms with van der Waals surface area (Å²) in [7, 11) is 0. The minimum Gasteiger partial charge on any atom is -0.392 e. The Morgan fingerprint density at radius 2 is 1.15 bits per heavy atom. The van der Waals surface area contributed by atoms with Crippen molar-refractivity contribution in [3.05, 3.63) is 119 Å². The van der Waals surface area contributed by atoms with Crippen molar-refractivity contribution in [2.45, 2.75) is 12.5 Å². The lowest BCUT2D eigenvalue weighted by Crippen LogP contribution is -2.33. The van der Waals surface area contributed by atoms with Gasteiger partial charge in [0.15, 0.2) is 0 Å². The average molecular weight is 344 g/mol. The standard InChI is InChI=1S/C24H24O2/c1-20(19-25)17-18-26-24(21-11-5-2-6-12-21,22-13-7-3-8-14-22)23-15-9-4-10-16-23/h2-17,25H,18-19H2,1H3/b20-17-. The van der Waals surface area contributed by atoms with Crippen LogP contribution in [-0.2, 0) is 10.3 Å². The van der Waals surface area contributed by atoms with Gasteiger partial charge < -0.3 is 9.84 Å². The Morgan fingerprint density at radius 3 is 1.50 bits per heavy atom. The molecule has 3 aromatic carbocycles. The first-order valence-corrected chi connectivity index (χ1v) is 8.84. The highest BCUT2D eigenvalue weighted by Crippen LogP contribution is 2.40. The zero-order valence-corrected chi connectivity index (χ0v) is 15.0. The first kappa shape index (κ1) is 18.1. The number of rotatable bonds is 7. The van der Waals surface area contributed by atoms with Crippen molar-refractivity contribution in [3.63, 3.8) is 0 Å². The minimum atomic E-state index is -0.712. The zero-order chi connectivity index (χ0) is 18.2. The number of aliphatic hydroxyl groups is 1. The maximum absolute atomic E-state index is 9.29. The second-order valence-corrected chi connectivity index (χ2v) is 6.30. The zero-order valence-electron chi connectivity index (χ0n) is 15.0. The third kappa shape index (κ3) is 3.77. The molecule has 26 heavy (non-hydrogen) atoms. The molecule has 0 aromatic heterocycles. The lowest BCUT2D eigenvalue weighted by molar-refractivity contribution is 0.0315. The molecule has 0 heterocycles. The summed E-state index contributed by atoms with van der Waals surface area (Å²) < 4.78 is 6.57. The Labute approximate surface area is 155 Å². The summed E-state index contributed by atoms with van der Waals surface area (Å²) in [5.41, 5.74) is 3.41. The monoisotopic (exact) mass is 344 g/mol. The second-order valence-electron chi connectivity index (χ2n) is 6.30. The fraction of sp³-hybridized carbons (Fsp3) is 0.167. The van der Waals surface area contributed by atoms with Gasteiger partial charge in [-0.1, -0.05) is 97.1 Å². The normalized spacial score (nSPS) is 12.2. The number of hydrogen-bond donors (Lipinski definition) is 1. The van der Waals surface area contributed by atoms with Gasteiger partial charge in [0.1, 0.15) is 5.60 Å². The first-order chi connectivity index (χ1) is 12.8. The van der Waals surface area contributed by atoms with Crippen LogP contribution in [0.15, 0.2) is 103 Å². The SMILES string of the molecule is C/C(=C/COC(c1ccccc1)(c1ccccc1)c1ccccc1)CO. The smallest absolute Gasteiger partial charge is 0.144 e. The molecule has 2 nitrogen and oxygen atoms in total. The highest BCUT2D eigenvalue weighted by Gasteiger charge is 2.37. The average Bonchev–Trinajstić information content (AvgIpc) is 2.73. The van der Waals surface area contributed by atoms with Crippen molar-refractivity contribution in [2.75, 3.05) is 13.2 Å². The van der Waals surface area contributed by atoms with E-state index in [4.69, 9.17) is 4.74 Å². The van der Waals surface area contributed by atoms with E-state index >= 15 is 0 Å². The van der Waals surface area contributed by atoms with Crippen molar-refractivity contribution >= 4 is 0 Å². The lowest BCUT2D eigenvalue weighted by atomic mass is 9.80. The maximum Gasteiger partial charge on any atom is 0.144 e. The van der Waals surface area contributed by atoms with Crippen LogP contribution < -0.4 is 0 Å². The Morgan fingerprint density at radius 1 is 0.769 bits per heavy atom. The van der Waals surface area contributed by atoms with Crippen LogP contribution in [0.3, 0.4) is 0 Å². The maximum atomic E-state index is 9.29. The molecule has 0 atom stereocenters. The molecule has 0 bridgehead atoms. The van der Waals surface area contributed by atoms with E-state index in [1.807, 2.05) is 67.6 Å². The molecule has 0 aliphatic heterocycles. The molecule has 2 heteroatoms. The van der Waals surface area contributed by atoms with Gasteiger partial charge in [-0.05, 0) is 29.2 Å². The molecular formula is C24H24O2. The van der Waals surface area contributed by atoms with Gasteiger partial charge in [-0.15, -0.1) is 0 Å². The third-order valence-corrected chi connectivity index (χ3v) is 4.52. The quantitative estimate of drug-likeness (QED) is 0.486. The summed E-state index contributed by atoms with van der Waals surface area (Å²) in [4.78, 5) is 0.